The van der Waals surface area contributed by atoms with Crippen LogP contribution in [0.1, 0.15) is 0 Å². The molecule has 12 rings (SSSR count). The molecule has 0 spiro atoms. The molecule has 0 amide bonds. The number of aromatic nitrogens is 2. The smallest absolute Gasteiger partial charge is 0.159 e. The van der Waals surface area contributed by atoms with Crippen LogP contribution in [0, 0.1) is 0 Å². The van der Waals surface area contributed by atoms with E-state index in [0.717, 1.165) is 38.7 Å². The minimum atomic E-state index is 0.905. The van der Waals surface area contributed by atoms with Gasteiger partial charge in [0.2, 0.25) is 0 Å². The number of furan rings is 1. The third-order valence-electron chi connectivity index (χ3n) is 11.1. The Morgan fingerprint density at radius 2 is 0.922 bits per heavy atom. The fourth-order valence-electron chi connectivity index (χ4n) is 8.89. The molecule has 0 aliphatic carbocycles. The van der Waals surface area contributed by atoms with Gasteiger partial charge in [-0.2, -0.15) is 0 Å². The predicted octanol–water partition coefficient (Wildman–Crippen LogP) is 13.1. The maximum absolute atomic E-state index is 6.55. The number of rotatable bonds is 2. The Kier molecular flexibility index (Phi) is 5.23. The Morgan fingerprint density at radius 1 is 0.333 bits per heavy atom. The van der Waals surface area contributed by atoms with Crippen molar-refractivity contribution in [2.24, 2.45) is 0 Å². The van der Waals surface area contributed by atoms with Gasteiger partial charge in [-0.25, -0.2) is 0 Å². The Hall–Kier alpha value is -6.84. The minimum absolute atomic E-state index is 0.905. The minimum Gasteiger partial charge on any atom is -0.454 e. The van der Waals surface area contributed by atoms with E-state index in [9.17, 15) is 0 Å². The highest BCUT2D eigenvalue weighted by Crippen LogP contribution is 2.48. The summed E-state index contributed by atoms with van der Waals surface area (Å²) in [6.07, 6.45) is 0. The van der Waals surface area contributed by atoms with E-state index in [-0.39, 0.29) is 0 Å². The maximum atomic E-state index is 6.55. The van der Waals surface area contributed by atoms with Crippen LogP contribution in [0.3, 0.4) is 0 Å². The predicted molar refractivity (Wildman–Crippen MR) is 212 cm³/mol. The van der Waals surface area contributed by atoms with E-state index in [1.807, 2.05) is 6.07 Å². The molecule has 0 radical (unpaired) electrons. The second kappa shape index (κ2) is 9.87. The number of fused-ring (bicyclic) bond motifs is 14. The molecule has 3 nitrogen and oxygen atoms in total. The Bertz CT molecular complexity index is 3260. The van der Waals surface area contributed by atoms with Crippen LogP contribution in [-0.4, -0.2) is 9.13 Å². The lowest BCUT2D eigenvalue weighted by molar-refractivity contribution is 0.666. The first-order valence-electron chi connectivity index (χ1n) is 17.5. The first-order chi connectivity index (χ1) is 25.3. The fourth-order valence-corrected chi connectivity index (χ4v) is 8.89. The second-order valence-electron chi connectivity index (χ2n) is 13.7. The molecular weight excluding hydrogens is 621 g/mol. The molecule has 0 atom stereocenters. The van der Waals surface area contributed by atoms with Crippen molar-refractivity contribution in [2.75, 3.05) is 0 Å². The zero-order chi connectivity index (χ0) is 33.2. The summed E-state index contributed by atoms with van der Waals surface area (Å²) in [5, 5.41) is 7.24. The highest BCUT2D eigenvalue weighted by molar-refractivity contribution is 6.18. The summed E-state index contributed by atoms with van der Waals surface area (Å²) in [4.78, 5) is 0. The summed E-state index contributed by atoms with van der Waals surface area (Å²) in [7, 11) is 0. The molecule has 8 aromatic carbocycles. The van der Waals surface area contributed by atoms with Crippen molar-refractivity contribution in [3.63, 3.8) is 0 Å². The van der Waals surface area contributed by atoms with Crippen molar-refractivity contribution in [3.8, 4) is 44.8 Å². The number of benzene rings is 8. The fraction of sp³-hybridized carbons (Fsp3) is 0. The van der Waals surface area contributed by atoms with Crippen molar-refractivity contribution < 1.29 is 4.42 Å². The maximum Gasteiger partial charge on any atom is 0.159 e. The molecule has 0 unspecified atom stereocenters. The Labute approximate surface area is 292 Å². The number of para-hydroxylation sites is 5. The first kappa shape index (κ1) is 27.0. The zero-order valence-corrected chi connectivity index (χ0v) is 27.5. The standard InChI is InChI=1S/C48H28N2O/c1-2-13-32-31(12-1)33-14-3-8-20-42(33)50-43-21-9-5-16-35(43)40-28-30(27-39(32)47(40)50)29-24-25-44-38(26-29)34-15-4-7-19-41(34)49(44)45-22-11-18-37-36-17-6-10-23-46(36)51-48(37)45/h1-28H. The SMILES string of the molecule is c1ccc2c(c1)-c1ccccc1-n1c3ccccc3c3cc(-c4ccc5c(c4)c4ccccc4n5-c4cccc5c4oc4ccccc45)cc-2c31. The molecule has 4 heterocycles. The van der Waals surface area contributed by atoms with Gasteiger partial charge in [0, 0.05) is 43.4 Å². The first-order valence-corrected chi connectivity index (χ1v) is 17.5. The number of nitrogens with zero attached hydrogens (tertiary/aromatic N) is 2. The topological polar surface area (TPSA) is 23.0 Å². The summed E-state index contributed by atoms with van der Waals surface area (Å²) in [6.45, 7) is 0. The number of hydrogen-bond acceptors (Lipinski definition) is 1. The summed E-state index contributed by atoms with van der Waals surface area (Å²) in [5.74, 6) is 0. The van der Waals surface area contributed by atoms with Gasteiger partial charge >= 0.3 is 0 Å². The van der Waals surface area contributed by atoms with Crippen LogP contribution in [0.25, 0.3) is 110 Å². The molecule has 51 heavy (non-hydrogen) atoms. The average molecular weight is 649 g/mol. The average Bonchev–Trinajstić information content (AvgIpc) is 3.82. The van der Waals surface area contributed by atoms with E-state index in [2.05, 4.69) is 173 Å². The van der Waals surface area contributed by atoms with E-state index >= 15 is 0 Å². The quantitative estimate of drug-likeness (QED) is 0.183. The molecule has 11 aromatic rings. The van der Waals surface area contributed by atoms with Gasteiger partial charge < -0.3 is 13.6 Å². The summed E-state index contributed by atoms with van der Waals surface area (Å²) >= 11 is 0. The molecule has 1 aliphatic heterocycles. The van der Waals surface area contributed by atoms with Crippen LogP contribution in [0.2, 0.25) is 0 Å². The molecular formula is C48H28N2O. The van der Waals surface area contributed by atoms with Crippen LogP contribution in [0.15, 0.2) is 174 Å². The van der Waals surface area contributed by atoms with E-state index in [0.29, 0.717) is 0 Å². The van der Waals surface area contributed by atoms with Crippen LogP contribution in [0.5, 0.6) is 0 Å². The van der Waals surface area contributed by atoms with E-state index < -0.39 is 0 Å². The van der Waals surface area contributed by atoms with Gasteiger partial charge in [0.25, 0.3) is 0 Å². The van der Waals surface area contributed by atoms with Gasteiger partial charge in [0.15, 0.2) is 5.58 Å². The van der Waals surface area contributed by atoms with E-state index in [1.165, 1.54) is 71.6 Å². The molecule has 0 saturated heterocycles. The summed E-state index contributed by atoms with van der Waals surface area (Å²) < 4.78 is 11.4. The molecule has 0 fully saturated rings. The molecule has 3 aromatic heterocycles. The van der Waals surface area contributed by atoms with Gasteiger partial charge in [-0.1, -0.05) is 115 Å². The van der Waals surface area contributed by atoms with Crippen LogP contribution in [-0.2, 0) is 0 Å². The normalized spacial score (nSPS) is 12.3. The highest BCUT2D eigenvalue weighted by Gasteiger charge is 2.25. The van der Waals surface area contributed by atoms with Crippen LogP contribution in [0.4, 0.5) is 0 Å². The summed E-state index contributed by atoms with van der Waals surface area (Å²) in [6, 6.07) is 61.9. The second-order valence-corrected chi connectivity index (χ2v) is 13.7. The highest BCUT2D eigenvalue weighted by atomic mass is 16.3. The lowest BCUT2D eigenvalue weighted by Gasteiger charge is -2.12. The molecule has 0 saturated carbocycles. The van der Waals surface area contributed by atoms with Crippen molar-refractivity contribution in [3.05, 3.63) is 170 Å². The van der Waals surface area contributed by atoms with Gasteiger partial charge in [-0.15, -0.1) is 0 Å². The molecule has 236 valence electrons. The lowest BCUT2D eigenvalue weighted by Crippen LogP contribution is -1.95. The monoisotopic (exact) mass is 648 g/mol. The van der Waals surface area contributed by atoms with Crippen LogP contribution >= 0.6 is 0 Å². The van der Waals surface area contributed by atoms with Gasteiger partial charge in [-0.05, 0) is 76.9 Å². The van der Waals surface area contributed by atoms with E-state index in [1.54, 1.807) is 0 Å². The Balaban J connectivity index is 1.15. The molecule has 0 N–H and O–H groups in total. The van der Waals surface area contributed by atoms with Crippen molar-refractivity contribution in [1.82, 2.24) is 9.13 Å². The lowest BCUT2D eigenvalue weighted by atomic mass is 9.91. The largest absolute Gasteiger partial charge is 0.454 e. The van der Waals surface area contributed by atoms with Crippen molar-refractivity contribution >= 4 is 65.6 Å². The molecule has 3 heteroatoms. The zero-order valence-electron chi connectivity index (χ0n) is 27.5. The molecule has 0 bridgehead atoms. The Morgan fingerprint density at radius 3 is 1.76 bits per heavy atom. The third-order valence-corrected chi connectivity index (χ3v) is 11.1. The van der Waals surface area contributed by atoms with E-state index in [4.69, 9.17) is 4.42 Å². The third kappa shape index (κ3) is 3.57. The van der Waals surface area contributed by atoms with Crippen molar-refractivity contribution in [2.45, 2.75) is 0 Å². The van der Waals surface area contributed by atoms with Gasteiger partial charge in [0.1, 0.15) is 5.58 Å². The van der Waals surface area contributed by atoms with Gasteiger partial charge in [-0.3, -0.25) is 0 Å². The van der Waals surface area contributed by atoms with Gasteiger partial charge in [0.05, 0.1) is 33.4 Å². The number of hydrogen-bond donors (Lipinski definition) is 0. The van der Waals surface area contributed by atoms with Crippen molar-refractivity contribution in [1.29, 1.82) is 0 Å². The van der Waals surface area contributed by atoms with Crippen LogP contribution < -0.4 is 0 Å². The molecule has 1 aliphatic rings. The summed E-state index contributed by atoms with van der Waals surface area (Å²) in [5.41, 5.74) is 16.3.